The number of carbonyl (C=O) groups excluding carboxylic acids is 2. The van der Waals surface area contributed by atoms with Crippen molar-refractivity contribution in [2.45, 2.75) is 6.54 Å². The van der Waals surface area contributed by atoms with Gasteiger partial charge in [-0.2, -0.15) is 0 Å². The number of para-hydroxylation sites is 2. The molecule has 5 rings (SSSR count). The second-order valence-electron chi connectivity index (χ2n) is 6.95. The summed E-state index contributed by atoms with van der Waals surface area (Å²) in [6.07, 6.45) is 1.82. The number of aromatic nitrogens is 1. The number of carbonyl (C=O) groups is 2. The lowest BCUT2D eigenvalue weighted by Crippen LogP contribution is -2.27. The Kier molecular flexibility index (Phi) is 4.77. The molecule has 0 atom stereocenters. The molecule has 1 fully saturated rings. The van der Waals surface area contributed by atoms with Crippen LogP contribution >= 0.6 is 23.4 Å². The normalized spacial score (nSPS) is 15.6. The van der Waals surface area contributed by atoms with Crippen molar-refractivity contribution in [1.82, 2.24) is 9.88 Å². The van der Waals surface area contributed by atoms with Crippen LogP contribution in [0.15, 0.2) is 77.7 Å². The molecule has 1 aromatic heterocycles. The van der Waals surface area contributed by atoms with Crippen molar-refractivity contribution in [3.63, 3.8) is 0 Å². The first-order valence-corrected chi connectivity index (χ1v) is 10.6. The average molecular weight is 431 g/mol. The topological polar surface area (TPSA) is 50.3 Å². The van der Waals surface area contributed by atoms with Gasteiger partial charge in [-0.05, 0) is 53.2 Å². The summed E-state index contributed by atoms with van der Waals surface area (Å²) in [5.41, 5.74) is 3.45. The van der Waals surface area contributed by atoms with Gasteiger partial charge >= 0.3 is 0 Å². The van der Waals surface area contributed by atoms with E-state index in [1.54, 1.807) is 12.1 Å². The molecule has 0 saturated carbocycles. The van der Waals surface area contributed by atoms with Crippen molar-refractivity contribution in [3.05, 3.63) is 93.9 Å². The van der Waals surface area contributed by atoms with Crippen LogP contribution in [-0.2, 0) is 11.3 Å². The van der Waals surface area contributed by atoms with E-state index in [4.69, 9.17) is 16.6 Å². The zero-order valence-corrected chi connectivity index (χ0v) is 17.3. The minimum Gasteiger partial charge on any atom is -0.268 e. The molecule has 1 saturated heterocycles. The number of amides is 2. The predicted molar refractivity (Wildman–Crippen MR) is 122 cm³/mol. The van der Waals surface area contributed by atoms with Gasteiger partial charge in [-0.3, -0.25) is 14.5 Å². The SMILES string of the molecule is O=C1SC(=Cc2c3ccccc3nc3ccccc23)C(=O)N1Cc1ccc(Cl)cc1. The number of thioether (sulfide) groups is 1. The summed E-state index contributed by atoms with van der Waals surface area (Å²) in [4.78, 5) is 32.0. The molecule has 4 nitrogen and oxygen atoms in total. The highest BCUT2D eigenvalue weighted by Crippen LogP contribution is 2.36. The summed E-state index contributed by atoms with van der Waals surface area (Å²) in [6, 6.07) is 22.8. The fourth-order valence-electron chi connectivity index (χ4n) is 3.57. The number of rotatable bonds is 3. The van der Waals surface area contributed by atoms with Gasteiger partial charge in [0, 0.05) is 15.8 Å². The van der Waals surface area contributed by atoms with Crippen molar-refractivity contribution in [3.8, 4) is 0 Å². The van der Waals surface area contributed by atoms with Gasteiger partial charge < -0.3 is 0 Å². The van der Waals surface area contributed by atoms with Crippen molar-refractivity contribution in [1.29, 1.82) is 0 Å². The van der Waals surface area contributed by atoms with E-state index in [0.29, 0.717) is 9.93 Å². The molecule has 30 heavy (non-hydrogen) atoms. The Bertz CT molecular complexity index is 1290. The molecule has 0 radical (unpaired) electrons. The van der Waals surface area contributed by atoms with Crippen LogP contribution in [-0.4, -0.2) is 21.0 Å². The standard InChI is InChI=1S/C24H15ClN2O2S/c25-16-11-9-15(10-12-16)14-27-23(28)22(30-24(27)29)13-19-17-5-1-3-7-20(17)26-21-8-4-2-6-18(19)21/h1-13H,14H2. The van der Waals surface area contributed by atoms with E-state index in [2.05, 4.69) is 0 Å². The highest BCUT2D eigenvalue weighted by molar-refractivity contribution is 8.18. The third-order valence-corrected chi connectivity index (χ3v) is 6.19. The molecule has 0 aliphatic carbocycles. The molecule has 4 aromatic rings. The Morgan fingerprint density at radius 1 is 0.867 bits per heavy atom. The van der Waals surface area contributed by atoms with Crippen molar-refractivity contribution < 1.29 is 9.59 Å². The molecule has 6 heteroatoms. The molecule has 0 bridgehead atoms. The lowest BCUT2D eigenvalue weighted by molar-refractivity contribution is -0.123. The number of benzene rings is 3. The van der Waals surface area contributed by atoms with Crippen LogP contribution in [0.5, 0.6) is 0 Å². The van der Waals surface area contributed by atoms with Crippen LogP contribution in [0.4, 0.5) is 4.79 Å². The molecule has 1 aliphatic heterocycles. The average Bonchev–Trinajstić information content (AvgIpc) is 3.02. The van der Waals surface area contributed by atoms with Crippen molar-refractivity contribution in [2.75, 3.05) is 0 Å². The summed E-state index contributed by atoms with van der Waals surface area (Å²) in [5, 5.41) is 2.23. The van der Waals surface area contributed by atoms with Crippen LogP contribution in [0, 0.1) is 0 Å². The Balaban J connectivity index is 1.58. The van der Waals surface area contributed by atoms with E-state index in [-0.39, 0.29) is 17.7 Å². The molecule has 2 amide bonds. The number of halogens is 1. The zero-order chi connectivity index (χ0) is 20.7. The fraction of sp³-hybridized carbons (Fsp3) is 0.0417. The van der Waals surface area contributed by atoms with Crippen LogP contribution in [0.25, 0.3) is 27.9 Å². The molecule has 0 spiro atoms. The fourth-order valence-corrected chi connectivity index (χ4v) is 4.51. The molecule has 0 N–H and O–H groups in total. The monoisotopic (exact) mass is 430 g/mol. The number of imide groups is 1. The highest BCUT2D eigenvalue weighted by Gasteiger charge is 2.35. The summed E-state index contributed by atoms with van der Waals surface area (Å²) in [7, 11) is 0. The van der Waals surface area contributed by atoms with Gasteiger partial charge in [0.15, 0.2) is 0 Å². The van der Waals surface area contributed by atoms with Crippen LogP contribution in [0.3, 0.4) is 0 Å². The second kappa shape index (κ2) is 7.59. The van der Waals surface area contributed by atoms with Crippen LogP contribution in [0.1, 0.15) is 11.1 Å². The summed E-state index contributed by atoms with van der Waals surface area (Å²) < 4.78 is 0. The maximum Gasteiger partial charge on any atom is 0.293 e. The van der Waals surface area contributed by atoms with Gasteiger partial charge in [-0.25, -0.2) is 4.98 Å². The van der Waals surface area contributed by atoms with Crippen molar-refractivity contribution >= 4 is 62.4 Å². The van der Waals surface area contributed by atoms with E-state index in [9.17, 15) is 9.59 Å². The summed E-state index contributed by atoms with van der Waals surface area (Å²) in [5.74, 6) is -0.287. The van der Waals surface area contributed by atoms with E-state index in [1.165, 1.54) is 4.90 Å². The largest absolute Gasteiger partial charge is 0.293 e. The highest BCUT2D eigenvalue weighted by atomic mass is 35.5. The van der Waals surface area contributed by atoms with Gasteiger partial charge in [0.05, 0.1) is 22.5 Å². The molecular weight excluding hydrogens is 416 g/mol. The Morgan fingerprint density at radius 3 is 2.10 bits per heavy atom. The third-order valence-electron chi connectivity index (χ3n) is 5.03. The summed E-state index contributed by atoms with van der Waals surface area (Å²) >= 11 is 6.90. The Hall–Kier alpha value is -3.15. The lowest BCUT2D eigenvalue weighted by Gasteiger charge is -2.12. The van der Waals surface area contributed by atoms with Gasteiger partial charge in [0.1, 0.15) is 0 Å². The molecule has 0 unspecified atom stereocenters. The van der Waals surface area contributed by atoms with Gasteiger partial charge in [-0.1, -0.05) is 60.1 Å². The molecule has 3 aromatic carbocycles. The minimum absolute atomic E-state index is 0.219. The van der Waals surface area contributed by atoms with Gasteiger partial charge in [0.25, 0.3) is 11.1 Å². The quantitative estimate of drug-likeness (QED) is 0.283. The number of fused-ring (bicyclic) bond motifs is 2. The van der Waals surface area contributed by atoms with Crippen LogP contribution < -0.4 is 0 Å². The minimum atomic E-state index is -0.287. The first-order valence-electron chi connectivity index (χ1n) is 9.37. The number of hydrogen-bond donors (Lipinski definition) is 0. The van der Waals surface area contributed by atoms with E-state index >= 15 is 0 Å². The third kappa shape index (κ3) is 3.36. The Labute approximate surface area is 182 Å². The first-order chi connectivity index (χ1) is 14.6. The van der Waals surface area contributed by atoms with E-state index < -0.39 is 0 Å². The maximum absolute atomic E-state index is 13.0. The smallest absolute Gasteiger partial charge is 0.268 e. The summed E-state index contributed by atoms with van der Waals surface area (Å²) in [6.45, 7) is 0.219. The van der Waals surface area contributed by atoms with E-state index in [1.807, 2.05) is 66.7 Å². The first kappa shape index (κ1) is 18.9. The zero-order valence-electron chi connectivity index (χ0n) is 15.7. The number of pyridine rings is 1. The van der Waals surface area contributed by atoms with Gasteiger partial charge in [0.2, 0.25) is 0 Å². The predicted octanol–water partition coefficient (Wildman–Crippen LogP) is 6.28. The Morgan fingerprint density at radius 2 is 1.47 bits per heavy atom. The van der Waals surface area contributed by atoms with Gasteiger partial charge in [-0.15, -0.1) is 0 Å². The maximum atomic E-state index is 13.0. The number of nitrogens with zero attached hydrogens (tertiary/aromatic N) is 2. The molecular formula is C24H15ClN2O2S. The molecule has 1 aliphatic rings. The number of hydrogen-bond acceptors (Lipinski definition) is 4. The lowest BCUT2D eigenvalue weighted by atomic mass is 10.0. The van der Waals surface area contributed by atoms with E-state index in [0.717, 1.165) is 44.7 Å². The second-order valence-corrected chi connectivity index (χ2v) is 8.38. The molecule has 2 heterocycles. The molecule has 146 valence electrons. The van der Waals surface area contributed by atoms with Crippen molar-refractivity contribution in [2.24, 2.45) is 0 Å². The van der Waals surface area contributed by atoms with Crippen LogP contribution in [0.2, 0.25) is 5.02 Å².